The number of fused-ring (bicyclic) bond motifs is 1. The van der Waals surface area contributed by atoms with Gasteiger partial charge < -0.3 is 4.98 Å². The molecule has 19 heavy (non-hydrogen) atoms. The molecule has 1 heterocycles. The largest absolute Gasteiger partial charge is 0.361 e. The lowest BCUT2D eigenvalue weighted by molar-refractivity contribution is 0.602. The summed E-state index contributed by atoms with van der Waals surface area (Å²) in [5.74, 6) is 0. The second-order valence-electron chi connectivity index (χ2n) is 4.47. The summed E-state index contributed by atoms with van der Waals surface area (Å²) in [5.41, 5.74) is 2.58. The first-order valence-corrected chi connectivity index (χ1v) is 7.72. The minimum absolute atomic E-state index is 0.306. The highest BCUT2D eigenvalue weighted by molar-refractivity contribution is 7.90. The minimum Gasteiger partial charge on any atom is -0.361 e. The van der Waals surface area contributed by atoms with Gasteiger partial charge in [0.25, 0.3) is 0 Å². The van der Waals surface area contributed by atoms with Crippen molar-refractivity contribution in [3.8, 4) is 11.1 Å². The second kappa shape index (κ2) is 4.24. The van der Waals surface area contributed by atoms with Crippen LogP contribution in [0.2, 0.25) is 0 Å². The van der Waals surface area contributed by atoms with E-state index in [-0.39, 0.29) is 0 Å². The number of benzene rings is 2. The lowest BCUT2D eigenvalue weighted by atomic mass is 10.0. The Balaban J connectivity index is 2.27. The van der Waals surface area contributed by atoms with E-state index in [1.165, 1.54) is 12.3 Å². The SMILES string of the molecule is CS(=O)(=O)c1c[c]ccc1-c1ccc2cc[nH]c2c1. The van der Waals surface area contributed by atoms with Crippen LogP contribution in [0.1, 0.15) is 0 Å². The van der Waals surface area contributed by atoms with E-state index in [9.17, 15) is 8.42 Å². The van der Waals surface area contributed by atoms with Crippen LogP contribution in [0.3, 0.4) is 0 Å². The van der Waals surface area contributed by atoms with Crippen LogP contribution >= 0.6 is 0 Å². The summed E-state index contributed by atoms with van der Waals surface area (Å²) in [4.78, 5) is 3.44. The van der Waals surface area contributed by atoms with Crippen molar-refractivity contribution in [2.45, 2.75) is 4.90 Å². The smallest absolute Gasteiger partial charge is 0.176 e. The first kappa shape index (κ1) is 12.0. The highest BCUT2D eigenvalue weighted by Gasteiger charge is 2.14. The highest BCUT2D eigenvalue weighted by atomic mass is 32.2. The summed E-state index contributed by atoms with van der Waals surface area (Å²) in [7, 11) is -3.26. The van der Waals surface area contributed by atoms with Gasteiger partial charge in [0.15, 0.2) is 9.84 Å². The Kier molecular flexibility index (Phi) is 2.68. The standard InChI is InChI=1S/C15H12NO2S/c1-19(17,18)15-5-3-2-4-13(15)12-7-6-11-8-9-16-14(11)10-12/h2,4-10,16H,1H3. The maximum atomic E-state index is 11.8. The minimum atomic E-state index is -3.26. The molecule has 0 saturated carbocycles. The molecule has 4 heteroatoms. The van der Waals surface area contributed by atoms with Gasteiger partial charge in [0.1, 0.15) is 0 Å². The molecule has 0 bridgehead atoms. The molecule has 0 aliphatic carbocycles. The molecule has 0 fully saturated rings. The molecular formula is C15H12NO2S. The van der Waals surface area contributed by atoms with Gasteiger partial charge in [-0.15, -0.1) is 0 Å². The van der Waals surface area contributed by atoms with Crippen molar-refractivity contribution in [1.29, 1.82) is 0 Å². The predicted octanol–water partition coefficient (Wildman–Crippen LogP) is 3.04. The van der Waals surface area contributed by atoms with Crippen molar-refractivity contribution in [3.05, 3.63) is 54.7 Å². The van der Waals surface area contributed by atoms with Crippen molar-refractivity contribution in [2.75, 3.05) is 6.26 Å². The lowest BCUT2D eigenvalue weighted by Gasteiger charge is -2.08. The van der Waals surface area contributed by atoms with E-state index in [0.29, 0.717) is 10.5 Å². The molecule has 3 nitrogen and oxygen atoms in total. The lowest BCUT2D eigenvalue weighted by Crippen LogP contribution is -1.99. The van der Waals surface area contributed by atoms with E-state index in [0.717, 1.165) is 16.5 Å². The third-order valence-electron chi connectivity index (χ3n) is 3.09. The van der Waals surface area contributed by atoms with Gasteiger partial charge in [-0.25, -0.2) is 8.42 Å². The summed E-state index contributed by atoms with van der Waals surface area (Å²) in [5, 5.41) is 1.10. The van der Waals surface area contributed by atoms with Crippen LogP contribution < -0.4 is 0 Å². The van der Waals surface area contributed by atoms with Gasteiger partial charge in [0.2, 0.25) is 0 Å². The Morgan fingerprint density at radius 1 is 1.16 bits per heavy atom. The normalized spacial score (nSPS) is 11.8. The Morgan fingerprint density at radius 3 is 2.79 bits per heavy atom. The molecule has 1 aromatic heterocycles. The highest BCUT2D eigenvalue weighted by Crippen LogP contribution is 2.29. The van der Waals surface area contributed by atoms with Gasteiger partial charge in [-0.3, -0.25) is 0 Å². The molecule has 0 saturated heterocycles. The van der Waals surface area contributed by atoms with Gasteiger partial charge >= 0.3 is 0 Å². The van der Waals surface area contributed by atoms with Gasteiger partial charge in [-0.2, -0.15) is 0 Å². The fourth-order valence-corrected chi connectivity index (χ4v) is 3.04. The molecule has 2 aromatic carbocycles. The van der Waals surface area contributed by atoms with Crippen molar-refractivity contribution in [3.63, 3.8) is 0 Å². The van der Waals surface area contributed by atoms with Crippen LogP contribution in [0.25, 0.3) is 22.0 Å². The maximum absolute atomic E-state index is 11.8. The molecular weight excluding hydrogens is 258 g/mol. The van der Waals surface area contributed by atoms with E-state index in [2.05, 4.69) is 11.1 Å². The number of nitrogens with one attached hydrogen (secondary N) is 1. The average Bonchev–Trinajstić information content (AvgIpc) is 2.85. The molecule has 0 unspecified atom stereocenters. The molecule has 0 spiro atoms. The first-order valence-electron chi connectivity index (χ1n) is 5.83. The van der Waals surface area contributed by atoms with Crippen LogP contribution in [0.15, 0.2) is 53.6 Å². The maximum Gasteiger partial charge on any atom is 0.176 e. The van der Waals surface area contributed by atoms with Gasteiger partial charge in [-0.05, 0) is 35.2 Å². The summed E-state index contributed by atoms with van der Waals surface area (Å²) in [6, 6.07) is 15.7. The molecule has 0 aliphatic heterocycles. The summed E-state index contributed by atoms with van der Waals surface area (Å²) < 4.78 is 23.6. The molecule has 0 amide bonds. The number of aromatic nitrogens is 1. The van der Waals surface area contributed by atoms with Crippen LogP contribution in [0, 0.1) is 6.07 Å². The second-order valence-corrected chi connectivity index (χ2v) is 6.46. The zero-order valence-electron chi connectivity index (χ0n) is 10.3. The summed E-state index contributed by atoms with van der Waals surface area (Å²) >= 11 is 0. The fourth-order valence-electron chi connectivity index (χ4n) is 2.18. The third kappa shape index (κ3) is 2.15. The number of hydrogen-bond donors (Lipinski definition) is 1. The van der Waals surface area contributed by atoms with E-state index in [1.807, 2.05) is 30.5 Å². The van der Waals surface area contributed by atoms with Crippen LogP contribution in [-0.4, -0.2) is 19.7 Å². The number of H-pyrrole nitrogens is 1. The molecule has 3 aromatic rings. The van der Waals surface area contributed by atoms with E-state index < -0.39 is 9.84 Å². The van der Waals surface area contributed by atoms with E-state index in [1.54, 1.807) is 12.1 Å². The number of rotatable bonds is 2. The van der Waals surface area contributed by atoms with Gasteiger partial charge in [0, 0.05) is 23.5 Å². The topological polar surface area (TPSA) is 49.9 Å². The number of hydrogen-bond acceptors (Lipinski definition) is 2. The first-order chi connectivity index (χ1) is 9.05. The quantitative estimate of drug-likeness (QED) is 0.778. The number of sulfone groups is 1. The van der Waals surface area contributed by atoms with Gasteiger partial charge in [0.05, 0.1) is 4.90 Å². The van der Waals surface area contributed by atoms with E-state index in [4.69, 9.17) is 0 Å². The van der Waals surface area contributed by atoms with Crippen LogP contribution in [0.5, 0.6) is 0 Å². The van der Waals surface area contributed by atoms with Crippen molar-refractivity contribution in [1.82, 2.24) is 4.98 Å². The average molecular weight is 270 g/mol. The van der Waals surface area contributed by atoms with Crippen LogP contribution in [-0.2, 0) is 9.84 Å². The predicted molar refractivity (Wildman–Crippen MR) is 75.7 cm³/mol. The Morgan fingerprint density at radius 2 is 2.00 bits per heavy atom. The van der Waals surface area contributed by atoms with E-state index >= 15 is 0 Å². The molecule has 0 atom stereocenters. The fraction of sp³-hybridized carbons (Fsp3) is 0.0667. The molecule has 0 aliphatic rings. The molecule has 3 rings (SSSR count). The third-order valence-corrected chi connectivity index (χ3v) is 4.23. The molecule has 95 valence electrons. The zero-order chi connectivity index (χ0) is 13.5. The Hall–Kier alpha value is -2.07. The van der Waals surface area contributed by atoms with Crippen molar-refractivity contribution in [2.24, 2.45) is 0 Å². The van der Waals surface area contributed by atoms with Crippen molar-refractivity contribution >= 4 is 20.7 Å². The zero-order valence-corrected chi connectivity index (χ0v) is 11.2. The monoisotopic (exact) mass is 270 g/mol. The summed E-state index contributed by atoms with van der Waals surface area (Å²) in [6.07, 6.45) is 3.08. The van der Waals surface area contributed by atoms with Crippen LogP contribution in [0.4, 0.5) is 0 Å². The van der Waals surface area contributed by atoms with Gasteiger partial charge in [-0.1, -0.05) is 24.3 Å². The number of aromatic amines is 1. The summed E-state index contributed by atoms with van der Waals surface area (Å²) in [6.45, 7) is 0. The molecule has 1 N–H and O–H groups in total. The molecule has 1 radical (unpaired) electrons. The Labute approximate surface area is 111 Å². The Bertz CT molecular complexity index is 847. The van der Waals surface area contributed by atoms with Crippen molar-refractivity contribution < 1.29 is 8.42 Å².